The van der Waals surface area contributed by atoms with Crippen molar-refractivity contribution in [2.24, 2.45) is 10.9 Å². The number of nitrogens with zero attached hydrogens (tertiary/aromatic N) is 3. The minimum Gasteiger partial charge on any atom is -0.359 e. The summed E-state index contributed by atoms with van der Waals surface area (Å²) in [6, 6.07) is 5.54. The molecule has 8 nitrogen and oxygen atoms in total. The first kappa shape index (κ1) is 21.7. The fourth-order valence-electron chi connectivity index (χ4n) is 3.22. The number of aromatic nitrogens is 1. The van der Waals surface area contributed by atoms with Gasteiger partial charge in [-0.1, -0.05) is 6.07 Å². The predicted octanol–water partition coefficient (Wildman–Crippen LogP) is 1.53. The van der Waals surface area contributed by atoms with Gasteiger partial charge in [0.15, 0.2) is 5.96 Å². The summed E-state index contributed by atoms with van der Waals surface area (Å²) in [6.07, 6.45) is 2.83. The highest BCUT2D eigenvalue weighted by Crippen LogP contribution is 2.20. The standard InChI is InChI=1S/C20H32N6O2/c1-4-22-20(26-12-9-16(10-13-26)14-19(28)21-3)23-11-8-18(27)25-17-7-5-6-15(2)24-17/h5-7,16H,4,8-14H2,1-3H3,(H,21,28)(H,22,23)(H,24,25,27). The number of anilines is 1. The van der Waals surface area contributed by atoms with E-state index in [1.165, 1.54) is 0 Å². The molecule has 0 aromatic carbocycles. The fraction of sp³-hybridized carbons (Fsp3) is 0.600. The Morgan fingerprint density at radius 2 is 2.00 bits per heavy atom. The molecular formula is C20H32N6O2. The van der Waals surface area contributed by atoms with Crippen molar-refractivity contribution >= 4 is 23.6 Å². The Morgan fingerprint density at radius 1 is 1.25 bits per heavy atom. The fourth-order valence-corrected chi connectivity index (χ4v) is 3.22. The number of guanidine groups is 1. The molecule has 1 aliphatic heterocycles. The zero-order chi connectivity index (χ0) is 20.4. The lowest BCUT2D eigenvalue weighted by atomic mass is 9.93. The third kappa shape index (κ3) is 7.17. The minimum absolute atomic E-state index is 0.0954. The molecule has 2 amide bonds. The van der Waals surface area contributed by atoms with Crippen LogP contribution < -0.4 is 16.0 Å². The van der Waals surface area contributed by atoms with Crippen LogP contribution in [-0.4, -0.2) is 60.9 Å². The van der Waals surface area contributed by atoms with Gasteiger partial charge in [-0.2, -0.15) is 0 Å². The van der Waals surface area contributed by atoms with Crippen LogP contribution in [0.2, 0.25) is 0 Å². The van der Waals surface area contributed by atoms with Crippen LogP contribution in [0.5, 0.6) is 0 Å². The third-order valence-electron chi connectivity index (χ3n) is 4.76. The van der Waals surface area contributed by atoms with Crippen molar-refractivity contribution < 1.29 is 9.59 Å². The molecule has 0 atom stereocenters. The topological polar surface area (TPSA) is 98.7 Å². The first-order chi connectivity index (χ1) is 13.5. The molecule has 28 heavy (non-hydrogen) atoms. The second-order valence-electron chi connectivity index (χ2n) is 7.01. The van der Waals surface area contributed by atoms with Crippen LogP contribution in [0.25, 0.3) is 0 Å². The molecule has 0 radical (unpaired) electrons. The molecule has 8 heteroatoms. The van der Waals surface area contributed by atoms with E-state index in [2.05, 4.69) is 30.8 Å². The quantitative estimate of drug-likeness (QED) is 0.486. The first-order valence-electron chi connectivity index (χ1n) is 9.99. The van der Waals surface area contributed by atoms with E-state index in [-0.39, 0.29) is 11.8 Å². The van der Waals surface area contributed by atoms with Crippen LogP contribution in [0.4, 0.5) is 5.82 Å². The van der Waals surface area contributed by atoms with Crippen LogP contribution in [0.15, 0.2) is 23.2 Å². The van der Waals surface area contributed by atoms with E-state index in [1.807, 2.05) is 26.0 Å². The molecule has 1 fully saturated rings. The summed E-state index contributed by atoms with van der Waals surface area (Å²) in [7, 11) is 1.68. The van der Waals surface area contributed by atoms with Gasteiger partial charge in [0.2, 0.25) is 11.8 Å². The molecule has 2 rings (SSSR count). The molecule has 1 saturated heterocycles. The zero-order valence-corrected chi connectivity index (χ0v) is 17.1. The van der Waals surface area contributed by atoms with E-state index in [1.54, 1.807) is 13.1 Å². The molecule has 0 unspecified atom stereocenters. The van der Waals surface area contributed by atoms with Crippen LogP contribution in [0.1, 0.15) is 38.3 Å². The number of rotatable bonds is 7. The van der Waals surface area contributed by atoms with Gasteiger partial charge in [0.25, 0.3) is 0 Å². The van der Waals surface area contributed by atoms with Crippen LogP contribution in [0.3, 0.4) is 0 Å². The number of amides is 2. The molecule has 1 aliphatic rings. The summed E-state index contributed by atoms with van der Waals surface area (Å²) >= 11 is 0. The van der Waals surface area contributed by atoms with Gasteiger partial charge >= 0.3 is 0 Å². The van der Waals surface area contributed by atoms with Gasteiger partial charge in [-0.25, -0.2) is 4.98 Å². The molecule has 3 N–H and O–H groups in total. The summed E-state index contributed by atoms with van der Waals surface area (Å²) in [5.74, 6) is 1.84. The molecule has 1 aromatic heterocycles. The molecule has 0 saturated carbocycles. The van der Waals surface area contributed by atoms with Crippen molar-refractivity contribution in [3.63, 3.8) is 0 Å². The summed E-state index contributed by atoms with van der Waals surface area (Å²) in [5, 5.41) is 8.80. The Morgan fingerprint density at radius 3 is 2.64 bits per heavy atom. The number of likely N-dealkylation sites (tertiary alicyclic amines) is 1. The second kappa shape index (κ2) is 11.3. The van der Waals surface area contributed by atoms with Crippen molar-refractivity contribution in [3.8, 4) is 0 Å². The normalized spacial score (nSPS) is 15.2. The number of hydrogen-bond acceptors (Lipinski definition) is 4. The highest BCUT2D eigenvalue weighted by molar-refractivity contribution is 5.90. The summed E-state index contributed by atoms with van der Waals surface area (Å²) in [4.78, 5) is 34.8. The monoisotopic (exact) mass is 388 g/mol. The molecule has 154 valence electrons. The van der Waals surface area contributed by atoms with Gasteiger partial charge in [0.1, 0.15) is 5.82 Å². The van der Waals surface area contributed by atoms with E-state index in [0.29, 0.717) is 31.1 Å². The average Bonchev–Trinajstić information content (AvgIpc) is 2.68. The number of piperidine rings is 1. The lowest BCUT2D eigenvalue weighted by Gasteiger charge is -2.34. The highest BCUT2D eigenvalue weighted by atomic mass is 16.2. The van der Waals surface area contributed by atoms with Gasteiger partial charge in [-0.3, -0.25) is 14.6 Å². The van der Waals surface area contributed by atoms with Gasteiger partial charge in [-0.05, 0) is 44.7 Å². The maximum absolute atomic E-state index is 12.1. The number of aliphatic imine (C=N–C) groups is 1. The first-order valence-corrected chi connectivity index (χ1v) is 9.99. The number of aryl methyl sites for hydroxylation is 1. The zero-order valence-electron chi connectivity index (χ0n) is 17.1. The second-order valence-corrected chi connectivity index (χ2v) is 7.01. The number of hydrogen-bond donors (Lipinski definition) is 3. The smallest absolute Gasteiger partial charge is 0.227 e. The van der Waals surface area contributed by atoms with Gasteiger partial charge in [0, 0.05) is 45.2 Å². The summed E-state index contributed by atoms with van der Waals surface area (Å²) < 4.78 is 0. The SMILES string of the molecule is CCNC(=NCCC(=O)Nc1cccc(C)n1)N1CCC(CC(=O)NC)CC1. The number of pyridine rings is 1. The van der Waals surface area contributed by atoms with Crippen molar-refractivity contribution in [1.82, 2.24) is 20.5 Å². The minimum atomic E-state index is -0.0954. The summed E-state index contributed by atoms with van der Waals surface area (Å²) in [6.45, 7) is 6.85. The average molecular weight is 389 g/mol. The molecular weight excluding hydrogens is 356 g/mol. The lowest BCUT2D eigenvalue weighted by Crippen LogP contribution is -2.46. The van der Waals surface area contributed by atoms with Crippen molar-refractivity contribution in [1.29, 1.82) is 0 Å². The van der Waals surface area contributed by atoms with E-state index < -0.39 is 0 Å². The maximum atomic E-state index is 12.1. The number of carbonyl (C=O) groups excluding carboxylic acids is 2. The van der Waals surface area contributed by atoms with E-state index >= 15 is 0 Å². The van der Waals surface area contributed by atoms with Crippen molar-refractivity contribution in [2.75, 3.05) is 38.5 Å². The third-order valence-corrected chi connectivity index (χ3v) is 4.76. The molecule has 1 aromatic rings. The predicted molar refractivity (Wildman–Crippen MR) is 111 cm³/mol. The molecule has 2 heterocycles. The van der Waals surface area contributed by atoms with Gasteiger partial charge < -0.3 is 20.9 Å². The Balaban J connectivity index is 1.81. The number of nitrogens with one attached hydrogen (secondary N) is 3. The van der Waals surface area contributed by atoms with Crippen LogP contribution >= 0.6 is 0 Å². The van der Waals surface area contributed by atoms with E-state index in [9.17, 15) is 9.59 Å². The van der Waals surface area contributed by atoms with Gasteiger partial charge in [-0.15, -0.1) is 0 Å². The molecule has 0 bridgehead atoms. The van der Waals surface area contributed by atoms with Crippen molar-refractivity contribution in [3.05, 3.63) is 23.9 Å². The maximum Gasteiger partial charge on any atom is 0.227 e. The largest absolute Gasteiger partial charge is 0.359 e. The molecule has 0 spiro atoms. The summed E-state index contributed by atoms with van der Waals surface area (Å²) in [5.41, 5.74) is 0.866. The Hall–Kier alpha value is -2.64. The Labute approximate surface area is 167 Å². The van der Waals surface area contributed by atoms with E-state index in [0.717, 1.165) is 44.1 Å². The lowest BCUT2D eigenvalue weighted by molar-refractivity contribution is -0.121. The molecule has 0 aliphatic carbocycles. The highest BCUT2D eigenvalue weighted by Gasteiger charge is 2.23. The van der Waals surface area contributed by atoms with Gasteiger partial charge in [0.05, 0.1) is 6.54 Å². The Kier molecular flexibility index (Phi) is 8.71. The van der Waals surface area contributed by atoms with Crippen LogP contribution in [-0.2, 0) is 9.59 Å². The Bertz CT molecular complexity index is 683. The van der Waals surface area contributed by atoms with E-state index in [4.69, 9.17) is 0 Å². The van der Waals surface area contributed by atoms with Crippen LogP contribution in [0, 0.1) is 12.8 Å². The van der Waals surface area contributed by atoms with Crippen molar-refractivity contribution in [2.45, 2.75) is 39.5 Å². The number of carbonyl (C=O) groups is 2.